The van der Waals surface area contributed by atoms with Crippen molar-refractivity contribution >= 4 is 11.4 Å². The topological polar surface area (TPSA) is 27.6 Å². The van der Waals surface area contributed by atoms with Crippen molar-refractivity contribution in [2.24, 2.45) is 5.10 Å². The second-order valence-electron chi connectivity index (χ2n) is 7.88. The number of fused-ring (bicyclic) bond motifs is 1. The maximum Gasteiger partial charge on any atom is 0.0976 e. The van der Waals surface area contributed by atoms with Crippen LogP contribution in [-0.2, 0) is 6.42 Å². The summed E-state index contributed by atoms with van der Waals surface area (Å²) in [5, 5.41) is 4.78. The van der Waals surface area contributed by atoms with E-state index >= 15 is 0 Å². The van der Waals surface area contributed by atoms with Gasteiger partial charge in [0.25, 0.3) is 0 Å². The number of hydrogen-bond donors (Lipinski definition) is 1. The zero-order chi connectivity index (χ0) is 17.3. The highest BCUT2D eigenvalue weighted by molar-refractivity contribution is 6.14. The summed E-state index contributed by atoms with van der Waals surface area (Å²) in [6.45, 7) is 6.77. The van der Waals surface area contributed by atoms with E-state index in [4.69, 9.17) is 5.10 Å². The van der Waals surface area contributed by atoms with Gasteiger partial charge in [0.15, 0.2) is 0 Å². The van der Waals surface area contributed by atoms with E-state index in [-0.39, 0.29) is 5.54 Å². The molecule has 4 rings (SSSR count). The summed E-state index contributed by atoms with van der Waals surface area (Å²) in [5.41, 5.74) is 9.49. The van der Waals surface area contributed by atoms with E-state index in [1.165, 1.54) is 54.7 Å². The third-order valence-electron chi connectivity index (χ3n) is 5.24. The molecule has 0 atom stereocenters. The van der Waals surface area contributed by atoms with Crippen molar-refractivity contribution in [3.05, 3.63) is 65.2 Å². The van der Waals surface area contributed by atoms with E-state index < -0.39 is 0 Å². The second kappa shape index (κ2) is 6.55. The summed E-state index contributed by atoms with van der Waals surface area (Å²) >= 11 is 0. The van der Waals surface area contributed by atoms with Gasteiger partial charge in [-0.1, -0.05) is 36.4 Å². The van der Waals surface area contributed by atoms with Crippen molar-refractivity contribution in [1.29, 1.82) is 0 Å². The molecular formula is C22H27N3. The average molecular weight is 333 g/mol. The molecule has 0 amide bonds. The first-order valence-electron chi connectivity index (χ1n) is 9.41. The molecule has 2 aromatic carbocycles. The lowest BCUT2D eigenvalue weighted by atomic mass is 9.90. The van der Waals surface area contributed by atoms with Crippen LogP contribution in [0.2, 0.25) is 0 Å². The molecule has 0 radical (unpaired) electrons. The smallest absolute Gasteiger partial charge is 0.0976 e. The van der Waals surface area contributed by atoms with E-state index in [2.05, 4.69) is 72.7 Å². The Hall–Kier alpha value is -2.29. The van der Waals surface area contributed by atoms with Gasteiger partial charge in [0.2, 0.25) is 0 Å². The molecule has 1 N–H and O–H groups in total. The van der Waals surface area contributed by atoms with Gasteiger partial charge in [-0.15, -0.1) is 0 Å². The highest BCUT2D eigenvalue weighted by atomic mass is 15.3. The maximum atomic E-state index is 4.78. The maximum absolute atomic E-state index is 4.78. The fourth-order valence-corrected chi connectivity index (χ4v) is 3.89. The number of hydrazone groups is 1. The van der Waals surface area contributed by atoms with Gasteiger partial charge in [-0.25, -0.2) is 0 Å². The SMILES string of the molecule is CC1(C)Cc2ccccc2C(c2ccc(N3CCCCC3)cc2)=NN1. The minimum absolute atomic E-state index is 0.0361. The first-order valence-corrected chi connectivity index (χ1v) is 9.41. The Morgan fingerprint density at radius 3 is 2.40 bits per heavy atom. The Morgan fingerprint density at radius 2 is 1.64 bits per heavy atom. The Balaban J connectivity index is 1.67. The zero-order valence-electron chi connectivity index (χ0n) is 15.3. The molecular weight excluding hydrogens is 306 g/mol. The number of hydrogen-bond acceptors (Lipinski definition) is 3. The van der Waals surface area contributed by atoms with Crippen LogP contribution in [-0.4, -0.2) is 24.3 Å². The fourth-order valence-electron chi connectivity index (χ4n) is 3.89. The Labute approximate surface area is 150 Å². The lowest BCUT2D eigenvalue weighted by molar-refractivity contribution is 0.402. The molecule has 130 valence electrons. The Morgan fingerprint density at radius 1 is 0.920 bits per heavy atom. The highest BCUT2D eigenvalue weighted by Crippen LogP contribution is 2.25. The van der Waals surface area contributed by atoms with Gasteiger partial charge < -0.3 is 10.3 Å². The van der Waals surface area contributed by atoms with E-state index in [0.29, 0.717) is 0 Å². The summed E-state index contributed by atoms with van der Waals surface area (Å²) in [6, 6.07) is 17.6. The molecule has 0 aromatic heterocycles. The predicted octanol–water partition coefficient (Wildman–Crippen LogP) is 4.35. The minimum Gasteiger partial charge on any atom is -0.372 e. The molecule has 3 heteroatoms. The molecule has 2 heterocycles. The molecule has 25 heavy (non-hydrogen) atoms. The standard InChI is InChI=1S/C22H27N3/c1-22(2)16-18-8-4-5-9-20(18)21(23-24-22)17-10-12-19(13-11-17)25-14-6-3-7-15-25/h4-5,8-13,24H,3,6-7,14-16H2,1-2H3. The van der Waals surface area contributed by atoms with Gasteiger partial charge in [0.05, 0.1) is 11.3 Å². The number of benzene rings is 2. The quantitative estimate of drug-likeness (QED) is 0.884. The lowest BCUT2D eigenvalue weighted by Gasteiger charge is -2.28. The van der Waals surface area contributed by atoms with Gasteiger partial charge in [-0.3, -0.25) is 0 Å². The molecule has 2 aliphatic heterocycles. The molecule has 0 saturated carbocycles. The van der Waals surface area contributed by atoms with Crippen molar-refractivity contribution in [3.63, 3.8) is 0 Å². The van der Waals surface area contributed by atoms with Crippen LogP contribution < -0.4 is 10.3 Å². The van der Waals surface area contributed by atoms with Gasteiger partial charge >= 0.3 is 0 Å². The lowest BCUT2D eigenvalue weighted by Crippen LogP contribution is -2.37. The first kappa shape index (κ1) is 16.2. The highest BCUT2D eigenvalue weighted by Gasteiger charge is 2.25. The van der Waals surface area contributed by atoms with Crippen LogP contribution in [0.5, 0.6) is 0 Å². The fraction of sp³-hybridized carbons (Fsp3) is 0.409. The van der Waals surface area contributed by atoms with E-state index in [9.17, 15) is 0 Å². The molecule has 0 bridgehead atoms. The summed E-state index contributed by atoms with van der Waals surface area (Å²) in [7, 11) is 0. The summed E-state index contributed by atoms with van der Waals surface area (Å²) in [4.78, 5) is 2.50. The van der Waals surface area contributed by atoms with Crippen LogP contribution >= 0.6 is 0 Å². The number of nitrogens with zero attached hydrogens (tertiary/aromatic N) is 2. The third kappa shape index (κ3) is 3.41. The van der Waals surface area contributed by atoms with Crippen LogP contribution in [0.25, 0.3) is 0 Å². The molecule has 0 aliphatic carbocycles. The van der Waals surface area contributed by atoms with Crippen molar-refractivity contribution < 1.29 is 0 Å². The number of rotatable bonds is 2. The van der Waals surface area contributed by atoms with Crippen molar-refractivity contribution in [2.75, 3.05) is 18.0 Å². The molecule has 2 aliphatic rings. The minimum atomic E-state index is -0.0361. The van der Waals surface area contributed by atoms with Crippen LogP contribution in [0.4, 0.5) is 5.69 Å². The van der Waals surface area contributed by atoms with Crippen LogP contribution in [0.1, 0.15) is 49.8 Å². The van der Waals surface area contributed by atoms with Gasteiger partial charge in [-0.2, -0.15) is 5.10 Å². The summed E-state index contributed by atoms with van der Waals surface area (Å²) in [5.74, 6) is 0. The molecule has 0 spiro atoms. The van der Waals surface area contributed by atoms with E-state index in [1.807, 2.05) is 0 Å². The van der Waals surface area contributed by atoms with Crippen LogP contribution in [0, 0.1) is 0 Å². The summed E-state index contributed by atoms with van der Waals surface area (Å²) < 4.78 is 0. The number of anilines is 1. The van der Waals surface area contributed by atoms with E-state index in [0.717, 1.165) is 12.1 Å². The monoisotopic (exact) mass is 333 g/mol. The number of nitrogens with one attached hydrogen (secondary N) is 1. The largest absolute Gasteiger partial charge is 0.372 e. The Bertz CT molecular complexity index is 768. The summed E-state index contributed by atoms with van der Waals surface area (Å²) in [6.07, 6.45) is 4.95. The molecule has 0 unspecified atom stereocenters. The van der Waals surface area contributed by atoms with Gasteiger partial charge in [0.1, 0.15) is 0 Å². The van der Waals surface area contributed by atoms with Crippen molar-refractivity contribution in [1.82, 2.24) is 5.43 Å². The molecule has 2 aromatic rings. The van der Waals surface area contributed by atoms with E-state index in [1.54, 1.807) is 0 Å². The average Bonchev–Trinajstić information content (AvgIpc) is 2.77. The third-order valence-corrected chi connectivity index (χ3v) is 5.24. The zero-order valence-corrected chi connectivity index (χ0v) is 15.3. The molecule has 1 fully saturated rings. The predicted molar refractivity (Wildman–Crippen MR) is 106 cm³/mol. The van der Waals surface area contributed by atoms with Gasteiger partial charge in [0, 0.05) is 29.9 Å². The first-order chi connectivity index (χ1) is 12.1. The second-order valence-corrected chi connectivity index (χ2v) is 7.88. The van der Waals surface area contributed by atoms with Crippen molar-refractivity contribution in [2.45, 2.75) is 45.1 Å². The van der Waals surface area contributed by atoms with Crippen LogP contribution in [0.15, 0.2) is 53.6 Å². The van der Waals surface area contributed by atoms with Crippen molar-refractivity contribution in [3.8, 4) is 0 Å². The molecule has 1 saturated heterocycles. The van der Waals surface area contributed by atoms with Crippen LogP contribution in [0.3, 0.4) is 0 Å². The number of piperidine rings is 1. The molecule has 3 nitrogen and oxygen atoms in total. The normalized spacial score (nSPS) is 19.4. The Kier molecular flexibility index (Phi) is 4.24. The van der Waals surface area contributed by atoms with Gasteiger partial charge in [-0.05, 0) is 57.2 Å².